The predicted octanol–water partition coefficient (Wildman–Crippen LogP) is 15.7. The number of nitrogens with zero attached hydrogens (tertiary/aromatic N) is 2. The minimum absolute atomic E-state index is 0.117. The number of anilines is 3. The van der Waals surface area contributed by atoms with Crippen LogP contribution in [0.2, 0.25) is 0 Å². The standard InChI is InChI=1S/C57H40N2/c1-57(2)50-25-12-10-22-47(50)56-51(57)26-15-29-54(56)58(40-34-35-46-44-20-7-6-18-42(44)43-19-8-9-21-45(43)49(46)36-40)39-32-30-37(31-33-39)41-24-14-28-53-55(41)48-23-11-13-27-52(48)59(53)38-16-4-3-5-17-38/h3-36H,1-2H3. The molecule has 10 aromatic carbocycles. The zero-order valence-corrected chi connectivity index (χ0v) is 33.0. The Balaban J connectivity index is 1.09. The van der Waals surface area contributed by atoms with Gasteiger partial charge in [-0.1, -0.05) is 166 Å². The lowest BCUT2D eigenvalue weighted by Crippen LogP contribution is -2.16. The lowest BCUT2D eigenvalue weighted by molar-refractivity contribution is 0.660. The van der Waals surface area contributed by atoms with Gasteiger partial charge in [-0.05, 0) is 115 Å². The van der Waals surface area contributed by atoms with E-state index in [1.54, 1.807) is 0 Å². The Morgan fingerprint density at radius 2 is 0.932 bits per heavy atom. The molecule has 0 N–H and O–H groups in total. The highest BCUT2D eigenvalue weighted by Crippen LogP contribution is 2.54. The molecule has 1 aliphatic carbocycles. The Bertz CT molecular complexity index is 3430. The summed E-state index contributed by atoms with van der Waals surface area (Å²) in [6.45, 7) is 4.73. The molecule has 0 saturated carbocycles. The van der Waals surface area contributed by atoms with Gasteiger partial charge in [-0.25, -0.2) is 0 Å². The van der Waals surface area contributed by atoms with E-state index in [0.717, 1.165) is 17.1 Å². The molecular weight excluding hydrogens is 713 g/mol. The van der Waals surface area contributed by atoms with Crippen LogP contribution >= 0.6 is 0 Å². The fourth-order valence-electron chi connectivity index (χ4n) is 10.3. The van der Waals surface area contributed by atoms with Crippen molar-refractivity contribution in [2.75, 3.05) is 4.90 Å². The molecule has 0 aliphatic heterocycles. The van der Waals surface area contributed by atoms with Crippen LogP contribution in [0.15, 0.2) is 206 Å². The monoisotopic (exact) mass is 752 g/mol. The third kappa shape index (κ3) is 4.93. The second kappa shape index (κ2) is 12.8. The number of para-hydroxylation sites is 2. The van der Waals surface area contributed by atoms with Gasteiger partial charge in [0.1, 0.15) is 0 Å². The van der Waals surface area contributed by atoms with Gasteiger partial charge in [0.25, 0.3) is 0 Å². The second-order valence-electron chi connectivity index (χ2n) is 16.5. The van der Waals surface area contributed by atoms with Crippen LogP contribution in [0.25, 0.3) is 82.1 Å². The zero-order valence-electron chi connectivity index (χ0n) is 33.0. The maximum Gasteiger partial charge on any atom is 0.0547 e. The molecule has 12 rings (SSSR count). The van der Waals surface area contributed by atoms with Crippen molar-refractivity contribution < 1.29 is 0 Å². The van der Waals surface area contributed by atoms with E-state index in [0.29, 0.717) is 0 Å². The average molecular weight is 753 g/mol. The molecule has 2 heteroatoms. The molecule has 11 aromatic rings. The normalized spacial score (nSPS) is 13.1. The van der Waals surface area contributed by atoms with Crippen LogP contribution in [0.4, 0.5) is 17.1 Å². The number of rotatable bonds is 5. The van der Waals surface area contributed by atoms with Crippen molar-refractivity contribution in [3.8, 4) is 27.9 Å². The summed E-state index contributed by atoms with van der Waals surface area (Å²) in [4.78, 5) is 2.49. The highest BCUT2D eigenvalue weighted by molar-refractivity contribution is 6.26. The molecule has 0 atom stereocenters. The first kappa shape index (κ1) is 33.7. The number of hydrogen-bond donors (Lipinski definition) is 0. The lowest BCUT2D eigenvalue weighted by Gasteiger charge is -2.29. The topological polar surface area (TPSA) is 8.17 Å². The third-order valence-electron chi connectivity index (χ3n) is 13.0. The Labute approximate surface area is 343 Å². The highest BCUT2D eigenvalue weighted by atomic mass is 15.1. The van der Waals surface area contributed by atoms with Gasteiger partial charge >= 0.3 is 0 Å². The summed E-state index contributed by atoms with van der Waals surface area (Å²) in [6.07, 6.45) is 0. The van der Waals surface area contributed by atoms with Crippen LogP contribution in [0.1, 0.15) is 25.0 Å². The lowest BCUT2D eigenvalue weighted by atomic mass is 9.82. The number of benzene rings is 10. The Morgan fingerprint density at radius 3 is 1.68 bits per heavy atom. The summed E-state index contributed by atoms with van der Waals surface area (Å²) in [5, 5.41) is 10.2. The molecular formula is C57H40N2. The van der Waals surface area contributed by atoms with Crippen molar-refractivity contribution >= 4 is 71.2 Å². The average Bonchev–Trinajstić information content (AvgIpc) is 3.76. The summed E-state index contributed by atoms with van der Waals surface area (Å²) in [6, 6.07) is 76.1. The van der Waals surface area contributed by atoms with Gasteiger partial charge in [-0.15, -0.1) is 0 Å². The number of aromatic nitrogens is 1. The highest BCUT2D eigenvalue weighted by Gasteiger charge is 2.37. The van der Waals surface area contributed by atoms with Crippen molar-refractivity contribution in [3.05, 3.63) is 217 Å². The smallest absolute Gasteiger partial charge is 0.0547 e. The van der Waals surface area contributed by atoms with Crippen LogP contribution in [0, 0.1) is 0 Å². The predicted molar refractivity (Wildman–Crippen MR) is 251 cm³/mol. The van der Waals surface area contributed by atoms with E-state index in [1.807, 2.05) is 0 Å². The molecule has 0 fully saturated rings. The molecule has 0 radical (unpaired) electrons. The van der Waals surface area contributed by atoms with Gasteiger partial charge in [0.2, 0.25) is 0 Å². The summed E-state index contributed by atoms with van der Waals surface area (Å²) < 4.78 is 2.40. The molecule has 59 heavy (non-hydrogen) atoms. The summed E-state index contributed by atoms with van der Waals surface area (Å²) in [7, 11) is 0. The SMILES string of the molecule is CC1(C)c2ccccc2-c2c(N(c3ccc(-c4cccc5c4c4ccccc4n5-c4ccccc4)cc3)c3ccc4c5ccccc5c5ccccc5c4c3)cccc21. The van der Waals surface area contributed by atoms with Crippen molar-refractivity contribution in [3.63, 3.8) is 0 Å². The Kier molecular flexibility index (Phi) is 7.31. The van der Waals surface area contributed by atoms with E-state index in [2.05, 4.69) is 230 Å². The molecule has 2 nitrogen and oxygen atoms in total. The van der Waals surface area contributed by atoms with Gasteiger partial charge < -0.3 is 9.47 Å². The number of hydrogen-bond acceptors (Lipinski definition) is 1. The van der Waals surface area contributed by atoms with E-state index in [9.17, 15) is 0 Å². The van der Waals surface area contributed by atoms with Crippen molar-refractivity contribution in [1.29, 1.82) is 0 Å². The van der Waals surface area contributed by atoms with Gasteiger partial charge in [0, 0.05) is 38.8 Å². The first-order chi connectivity index (χ1) is 29.1. The van der Waals surface area contributed by atoms with Crippen LogP contribution < -0.4 is 4.90 Å². The number of fused-ring (bicyclic) bond motifs is 12. The third-order valence-corrected chi connectivity index (χ3v) is 13.0. The molecule has 1 aliphatic rings. The maximum absolute atomic E-state index is 2.49. The molecule has 0 unspecified atom stereocenters. The zero-order chi connectivity index (χ0) is 39.2. The quantitative estimate of drug-likeness (QED) is 0.159. The summed E-state index contributed by atoms with van der Waals surface area (Å²) in [5.41, 5.74) is 14.7. The fraction of sp³-hybridized carbons (Fsp3) is 0.0526. The van der Waals surface area contributed by atoms with Gasteiger partial charge in [-0.3, -0.25) is 0 Å². The van der Waals surface area contributed by atoms with Crippen LogP contribution in [0.3, 0.4) is 0 Å². The van der Waals surface area contributed by atoms with Crippen molar-refractivity contribution in [1.82, 2.24) is 4.57 Å². The Morgan fingerprint density at radius 1 is 0.390 bits per heavy atom. The first-order valence-electron chi connectivity index (χ1n) is 20.6. The summed E-state index contributed by atoms with van der Waals surface area (Å²) >= 11 is 0. The minimum Gasteiger partial charge on any atom is -0.310 e. The Hall–Kier alpha value is -7.42. The van der Waals surface area contributed by atoms with Crippen LogP contribution in [0.5, 0.6) is 0 Å². The van der Waals surface area contributed by atoms with Gasteiger partial charge in [-0.2, -0.15) is 0 Å². The molecule has 0 saturated heterocycles. The largest absolute Gasteiger partial charge is 0.310 e. The van der Waals surface area contributed by atoms with E-state index >= 15 is 0 Å². The molecule has 1 heterocycles. The van der Waals surface area contributed by atoms with E-state index in [1.165, 1.54) is 93.2 Å². The van der Waals surface area contributed by atoms with Crippen molar-refractivity contribution in [2.45, 2.75) is 19.3 Å². The fourth-order valence-corrected chi connectivity index (χ4v) is 10.3. The molecule has 0 amide bonds. The van der Waals surface area contributed by atoms with Gasteiger partial charge in [0.15, 0.2) is 0 Å². The van der Waals surface area contributed by atoms with E-state index < -0.39 is 0 Å². The molecule has 0 bridgehead atoms. The first-order valence-corrected chi connectivity index (χ1v) is 20.6. The van der Waals surface area contributed by atoms with Crippen LogP contribution in [-0.2, 0) is 5.41 Å². The summed E-state index contributed by atoms with van der Waals surface area (Å²) in [5.74, 6) is 0. The molecule has 0 spiro atoms. The second-order valence-corrected chi connectivity index (χ2v) is 16.5. The molecule has 278 valence electrons. The minimum atomic E-state index is -0.117. The maximum atomic E-state index is 2.49. The molecule has 1 aromatic heterocycles. The van der Waals surface area contributed by atoms with Crippen molar-refractivity contribution in [2.24, 2.45) is 0 Å². The van der Waals surface area contributed by atoms with E-state index in [-0.39, 0.29) is 5.41 Å². The van der Waals surface area contributed by atoms with E-state index in [4.69, 9.17) is 0 Å². The van der Waals surface area contributed by atoms with Gasteiger partial charge in [0.05, 0.1) is 16.7 Å². The van der Waals surface area contributed by atoms with Crippen LogP contribution in [-0.4, -0.2) is 4.57 Å².